The van der Waals surface area contributed by atoms with E-state index >= 15 is 0 Å². The first kappa shape index (κ1) is 60.9. The summed E-state index contributed by atoms with van der Waals surface area (Å²) in [5.74, 6) is -4.51. The summed E-state index contributed by atoms with van der Waals surface area (Å²) < 4.78 is 47.7. The highest BCUT2D eigenvalue weighted by atomic mass is 79.9. The zero-order valence-electron chi connectivity index (χ0n) is 43.0. The van der Waals surface area contributed by atoms with Crippen molar-refractivity contribution in [3.63, 3.8) is 0 Å². The minimum absolute atomic E-state index is 0.0291. The lowest BCUT2D eigenvalue weighted by Gasteiger charge is -2.47. The molecule has 0 bridgehead atoms. The van der Waals surface area contributed by atoms with E-state index in [0.717, 1.165) is 0 Å². The van der Waals surface area contributed by atoms with Crippen LogP contribution in [0.15, 0.2) is 63.2 Å². The van der Waals surface area contributed by atoms with Crippen molar-refractivity contribution >= 4 is 45.4 Å². The van der Waals surface area contributed by atoms with E-state index < -0.39 is 138 Å². The Kier molecular flexibility index (Phi) is 22.5. The molecule has 18 nitrogen and oxygen atoms in total. The van der Waals surface area contributed by atoms with Crippen molar-refractivity contribution in [1.29, 1.82) is 0 Å². The van der Waals surface area contributed by atoms with Crippen LogP contribution in [-0.4, -0.2) is 153 Å². The third kappa shape index (κ3) is 14.8. The fourth-order valence-corrected chi connectivity index (χ4v) is 9.58. The van der Waals surface area contributed by atoms with E-state index in [9.17, 15) is 50.1 Å². The van der Waals surface area contributed by atoms with Crippen LogP contribution in [-0.2, 0) is 53.9 Å². The first-order chi connectivity index (χ1) is 33.7. The third-order valence-corrected chi connectivity index (χ3v) is 14.2. The van der Waals surface area contributed by atoms with Crippen LogP contribution in [0, 0.1) is 11.8 Å². The normalized spacial score (nSPS) is 31.5. The molecule has 72 heavy (non-hydrogen) atoms. The van der Waals surface area contributed by atoms with E-state index in [1.165, 1.54) is 33.1 Å². The quantitative estimate of drug-likeness (QED) is 0.0645. The fraction of sp³-hybridized carbons (Fsp3) is 0.635. The molecule has 4 rings (SSSR count). The Labute approximate surface area is 435 Å². The number of carbonyl (C=O) groups excluding carboxylic acids is 3. The summed E-state index contributed by atoms with van der Waals surface area (Å²) in [6.45, 7) is 18.2. The number of hydrogen-bond donors (Lipinski definition) is 7. The molecular formula is C52H74BrClO18. The van der Waals surface area contributed by atoms with Gasteiger partial charge >= 0.3 is 17.9 Å². The Morgan fingerprint density at radius 3 is 2.21 bits per heavy atom. The van der Waals surface area contributed by atoms with Crippen molar-refractivity contribution in [2.24, 2.45) is 11.8 Å². The van der Waals surface area contributed by atoms with E-state index in [1.807, 2.05) is 32.9 Å². The number of halogens is 2. The van der Waals surface area contributed by atoms with Gasteiger partial charge in [-0.15, -0.1) is 0 Å². The maximum Gasteiger partial charge on any atom is 0.342 e. The molecule has 20 heteroatoms. The van der Waals surface area contributed by atoms with Gasteiger partial charge in [-0.05, 0) is 106 Å². The second kappa shape index (κ2) is 26.7. The minimum atomic E-state index is -1.60. The number of aromatic hydroxyl groups is 2. The van der Waals surface area contributed by atoms with Crippen molar-refractivity contribution in [3.8, 4) is 11.5 Å². The first-order valence-electron chi connectivity index (χ1n) is 24.2. The summed E-state index contributed by atoms with van der Waals surface area (Å²) in [5.41, 5.74) is 0.575. The number of phenolic OH excluding ortho intramolecular Hbond substituents is 2. The molecule has 1 aromatic carbocycles. The lowest BCUT2D eigenvalue weighted by atomic mass is 9.88. The Morgan fingerprint density at radius 2 is 1.61 bits per heavy atom. The molecule has 404 valence electrons. The van der Waals surface area contributed by atoms with Gasteiger partial charge in [0.15, 0.2) is 36.3 Å². The predicted octanol–water partition coefficient (Wildman–Crippen LogP) is 6.34. The summed E-state index contributed by atoms with van der Waals surface area (Å²) in [6.07, 6.45) is -5.20. The molecule has 2 fully saturated rings. The first-order valence-corrected chi connectivity index (χ1v) is 25.3. The molecule has 3 heterocycles. The lowest BCUT2D eigenvalue weighted by molar-refractivity contribution is -0.333. The Morgan fingerprint density at radius 1 is 0.944 bits per heavy atom. The summed E-state index contributed by atoms with van der Waals surface area (Å²) >= 11 is 9.30. The number of cyclic esters (lactones) is 1. The number of methoxy groups -OCH3 is 1. The summed E-state index contributed by atoms with van der Waals surface area (Å²) in [6, 6.07) is 0. The number of hydrogen-bond acceptors (Lipinski definition) is 18. The summed E-state index contributed by atoms with van der Waals surface area (Å²) in [5, 5.41) is 76.9. The van der Waals surface area contributed by atoms with Crippen molar-refractivity contribution in [1.82, 2.24) is 0 Å². The molecule has 7 N–H and O–H groups in total. The molecule has 0 aromatic heterocycles. The van der Waals surface area contributed by atoms with Crippen LogP contribution in [0.1, 0.15) is 111 Å². The van der Waals surface area contributed by atoms with Crippen molar-refractivity contribution in [2.45, 2.75) is 187 Å². The number of esters is 3. The van der Waals surface area contributed by atoms with Gasteiger partial charge in [0.05, 0.1) is 47.0 Å². The zero-order valence-corrected chi connectivity index (χ0v) is 45.4. The molecule has 14 unspecified atom stereocenters. The maximum absolute atomic E-state index is 14.0. The predicted molar refractivity (Wildman–Crippen MR) is 268 cm³/mol. The molecule has 0 amide bonds. The fourth-order valence-electron chi connectivity index (χ4n) is 8.60. The van der Waals surface area contributed by atoms with Gasteiger partial charge in [0.2, 0.25) is 0 Å². The van der Waals surface area contributed by atoms with Gasteiger partial charge < -0.3 is 73.6 Å². The smallest absolute Gasteiger partial charge is 0.342 e. The Bertz CT molecular complexity index is 2220. The van der Waals surface area contributed by atoms with E-state index in [2.05, 4.69) is 15.9 Å². The molecule has 1 aromatic rings. The highest BCUT2D eigenvalue weighted by Gasteiger charge is 2.53. The van der Waals surface area contributed by atoms with E-state index in [-0.39, 0.29) is 40.4 Å². The van der Waals surface area contributed by atoms with Crippen molar-refractivity contribution < 1.29 is 88.0 Å². The summed E-state index contributed by atoms with van der Waals surface area (Å²) in [4.78, 5) is 40.0. The molecule has 3 aliphatic heterocycles. The van der Waals surface area contributed by atoms with Crippen molar-refractivity contribution in [2.75, 3.05) is 13.7 Å². The number of aliphatic hydroxyl groups excluding tert-OH is 5. The number of rotatable bonds is 13. The number of carbonyl (C=O) groups is 3. The third-order valence-electron chi connectivity index (χ3n) is 13.0. The van der Waals surface area contributed by atoms with Gasteiger partial charge in [-0.3, -0.25) is 4.79 Å². The maximum atomic E-state index is 14.0. The number of phenols is 2. The second-order valence-electron chi connectivity index (χ2n) is 19.4. The van der Waals surface area contributed by atoms with Crippen LogP contribution >= 0.6 is 27.5 Å². The van der Waals surface area contributed by atoms with Crippen LogP contribution < -0.4 is 0 Å². The molecule has 0 radical (unpaired) electrons. The van der Waals surface area contributed by atoms with Gasteiger partial charge in [0.1, 0.15) is 46.7 Å². The monoisotopic (exact) mass is 1100 g/mol. The van der Waals surface area contributed by atoms with Crippen LogP contribution in [0.5, 0.6) is 11.5 Å². The molecular weight excluding hydrogens is 1030 g/mol. The molecule has 0 saturated carbocycles. The van der Waals surface area contributed by atoms with Crippen molar-refractivity contribution in [3.05, 3.63) is 79.4 Å². The Hall–Kier alpha value is -3.70. The Balaban J connectivity index is 1.61. The average molecular weight is 1100 g/mol. The van der Waals surface area contributed by atoms with Crippen LogP contribution in [0.25, 0.3) is 0 Å². The number of allylic oxidation sites excluding steroid dienone is 4. The van der Waals surface area contributed by atoms with Gasteiger partial charge in [0.25, 0.3) is 0 Å². The molecule has 0 spiro atoms. The van der Waals surface area contributed by atoms with Gasteiger partial charge in [-0.1, -0.05) is 75.2 Å². The standard InChI is InChI=1S/C52H74BrClO18/c1-13-30-22-26(6)33(56)18-16-15-17-31(23-66-51-45(65-12)42(61)44(29(9)67-51)69-49(64)35-32(14-2)36(53)39(58)37(54)38(35)57)48(63)68-34(28(8)55)20-19-25(5)21-27(7)43(30)70-50-41(60)40(59)46(52(10,11)72-50)71-47(62)24(3)4/h15-17,19,21-22,24,28-30,33-34,40-46,50-51,55-61H,13-14,18,20,23H2,1-12H3. The van der Waals surface area contributed by atoms with Gasteiger partial charge in [0, 0.05) is 19.4 Å². The highest BCUT2D eigenvalue weighted by molar-refractivity contribution is 9.10. The molecule has 3 aliphatic rings. The zero-order chi connectivity index (χ0) is 54.1. The topological polar surface area (TPSA) is 267 Å². The minimum Gasteiger partial charge on any atom is -0.505 e. The largest absolute Gasteiger partial charge is 0.505 e. The lowest BCUT2D eigenvalue weighted by Crippen LogP contribution is -2.64. The van der Waals surface area contributed by atoms with Crippen LogP contribution in [0.3, 0.4) is 0 Å². The number of ether oxygens (including phenoxy) is 8. The summed E-state index contributed by atoms with van der Waals surface area (Å²) in [7, 11) is 1.27. The van der Waals surface area contributed by atoms with E-state index in [1.54, 1.807) is 53.7 Å². The SMILES string of the molecule is CCc1c(Br)c(O)c(Cl)c(O)c1C(=O)OC1C(C)OC(OCC2=CC=CCC(O)C(C)=CC(CC)C(OC3OC(C)(C)C(OC(=O)C(C)C)C(O)C3O)C(C)=CC(C)=CCC(C(C)O)OC2=O)C(OC)C1O. The molecule has 2 saturated heterocycles. The van der Waals surface area contributed by atoms with E-state index in [0.29, 0.717) is 23.1 Å². The number of benzene rings is 1. The average Bonchev–Trinajstić information content (AvgIpc) is 3.32. The van der Waals surface area contributed by atoms with Gasteiger partial charge in [-0.25, -0.2) is 9.59 Å². The second-order valence-corrected chi connectivity index (χ2v) is 20.5. The van der Waals surface area contributed by atoms with Crippen LogP contribution in [0.2, 0.25) is 5.02 Å². The molecule has 14 atom stereocenters. The van der Waals surface area contributed by atoms with E-state index in [4.69, 9.17) is 49.5 Å². The van der Waals surface area contributed by atoms with Crippen LogP contribution in [0.4, 0.5) is 0 Å². The molecule has 0 aliphatic carbocycles. The van der Waals surface area contributed by atoms with Gasteiger partial charge in [-0.2, -0.15) is 0 Å². The highest BCUT2D eigenvalue weighted by Crippen LogP contribution is 2.45. The number of aliphatic hydroxyl groups is 5.